The first-order valence-corrected chi connectivity index (χ1v) is 8.51. The van der Waals surface area contributed by atoms with Gasteiger partial charge < -0.3 is 14.8 Å². The summed E-state index contributed by atoms with van der Waals surface area (Å²) in [6.07, 6.45) is 1.03. The van der Waals surface area contributed by atoms with Crippen molar-refractivity contribution >= 4 is 5.91 Å². The molecule has 0 aromatic heterocycles. The van der Waals surface area contributed by atoms with Gasteiger partial charge in [-0.15, -0.1) is 0 Å². The van der Waals surface area contributed by atoms with Gasteiger partial charge in [0.1, 0.15) is 11.6 Å². The monoisotopic (exact) mass is 338 g/mol. The Morgan fingerprint density at radius 3 is 2.58 bits per heavy atom. The Balaban J connectivity index is 1.77. The first-order chi connectivity index (χ1) is 11.5. The highest BCUT2D eigenvalue weighted by Gasteiger charge is 2.22. The average molecular weight is 338 g/mol. The largest absolute Gasteiger partial charge is 0.484 e. The Bertz CT molecular complexity index is 501. The topological polar surface area (TPSA) is 50.8 Å². The van der Waals surface area contributed by atoms with Gasteiger partial charge in [-0.3, -0.25) is 9.69 Å². The van der Waals surface area contributed by atoms with E-state index in [1.165, 1.54) is 24.3 Å². The van der Waals surface area contributed by atoms with Crippen LogP contribution in [0.3, 0.4) is 0 Å². The van der Waals surface area contributed by atoms with Crippen LogP contribution in [-0.4, -0.2) is 56.3 Å². The normalized spacial score (nSPS) is 16.8. The van der Waals surface area contributed by atoms with Crippen LogP contribution in [0.15, 0.2) is 24.3 Å². The molecule has 1 atom stereocenters. The number of halogens is 1. The summed E-state index contributed by atoms with van der Waals surface area (Å²) in [7, 11) is 0. The highest BCUT2D eigenvalue weighted by molar-refractivity contribution is 5.77. The molecule has 0 aliphatic carbocycles. The van der Waals surface area contributed by atoms with Crippen molar-refractivity contribution in [3.63, 3.8) is 0 Å². The molecule has 1 unspecified atom stereocenters. The van der Waals surface area contributed by atoms with E-state index in [9.17, 15) is 9.18 Å². The minimum Gasteiger partial charge on any atom is -0.484 e. The summed E-state index contributed by atoms with van der Waals surface area (Å²) in [5.74, 6) is 0.554. The third-order valence-electron chi connectivity index (χ3n) is 4.02. The van der Waals surface area contributed by atoms with E-state index in [1.54, 1.807) is 0 Å². The average Bonchev–Trinajstić information content (AvgIpc) is 2.58. The predicted molar refractivity (Wildman–Crippen MR) is 90.5 cm³/mol. The summed E-state index contributed by atoms with van der Waals surface area (Å²) in [6.45, 7) is 8.21. The first kappa shape index (κ1) is 18.7. The Morgan fingerprint density at radius 1 is 1.29 bits per heavy atom. The summed E-state index contributed by atoms with van der Waals surface area (Å²) in [5.41, 5.74) is 0. The summed E-state index contributed by atoms with van der Waals surface area (Å²) in [6, 6.07) is 5.95. The van der Waals surface area contributed by atoms with Crippen molar-refractivity contribution in [2.75, 3.05) is 39.5 Å². The molecule has 2 rings (SSSR count). The number of hydrogen-bond donors (Lipinski definition) is 1. The van der Waals surface area contributed by atoms with Crippen molar-refractivity contribution in [3.05, 3.63) is 30.1 Å². The molecule has 24 heavy (non-hydrogen) atoms. The lowest BCUT2D eigenvalue weighted by molar-refractivity contribution is -0.123. The maximum atomic E-state index is 12.8. The molecule has 1 aromatic carbocycles. The van der Waals surface area contributed by atoms with Crippen LogP contribution in [0, 0.1) is 11.7 Å². The summed E-state index contributed by atoms with van der Waals surface area (Å²) < 4.78 is 23.6. The SMILES string of the molecule is CC(C)CC(CNC(=O)COc1ccc(F)cc1)N1CCOCC1. The number of carbonyl (C=O) groups excluding carboxylic acids is 1. The van der Waals surface area contributed by atoms with Gasteiger partial charge in [0.25, 0.3) is 5.91 Å². The van der Waals surface area contributed by atoms with Crippen LogP contribution in [0.2, 0.25) is 0 Å². The van der Waals surface area contributed by atoms with Crippen molar-refractivity contribution in [1.82, 2.24) is 10.2 Å². The summed E-state index contributed by atoms with van der Waals surface area (Å²) >= 11 is 0. The molecule has 1 amide bonds. The third kappa shape index (κ3) is 6.45. The molecule has 1 fully saturated rings. The van der Waals surface area contributed by atoms with Gasteiger partial charge in [-0.05, 0) is 36.6 Å². The number of morpholine rings is 1. The molecule has 6 heteroatoms. The zero-order valence-corrected chi connectivity index (χ0v) is 14.5. The van der Waals surface area contributed by atoms with E-state index >= 15 is 0 Å². The molecule has 1 saturated heterocycles. The Hall–Kier alpha value is -1.66. The van der Waals surface area contributed by atoms with Crippen molar-refractivity contribution < 1.29 is 18.7 Å². The molecule has 1 heterocycles. The molecule has 0 spiro atoms. The molecular weight excluding hydrogens is 311 g/mol. The van der Waals surface area contributed by atoms with Crippen molar-refractivity contribution in [1.29, 1.82) is 0 Å². The summed E-state index contributed by atoms with van der Waals surface area (Å²) in [5, 5.41) is 2.95. The molecule has 1 aliphatic rings. The lowest BCUT2D eigenvalue weighted by Gasteiger charge is -2.35. The fourth-order valence-corrected chi connectivity index (χ4v) is 2.81. The van der Waals surface area contributed by atoms with Crippen LogP contribution in [0.25, 0.3) is 0 Å². The Morgan fingerprint density at radius 2 is 1.96 bits per heavy atom. The predicted octanol–water partition coefficient (Wildman–Crippen LogP) is 2.07. The second-order valence-corrected chi connectivity index (χ2v) is 6.48. The van der Waals surface area contributed by atoms with E-state index in [0.29, 0.717) is 24.3 Å². The van der Waals surface area contributed by atoms with Gasteiger partial charge in [0.2, 0.25) is 0 Å². The molecule has 1 aliphatic heterocycles. The highest BCUT2D eigenvalue weighted by Crippen LogP contribution is 2.13. The van der Waals surface area contributed by atoms with Crippen molar-refractivity contribution in [2.24, 2.45) is 5.92 Å². The minimum atomic E-state index is -0.325. The molecule has 0 saturated carbocycles. The zero-order valence-electron chi connectivity index (χ0n) is 14.5. The van der Waals surface area contributed by atoms with Crippen LogP contribution in [0.4, 0.5) is 4.39 Å². The number of carbonyl (C=O) groups is 1. The van der Waals surface area contributed by atoms with Crippen LogP contribution in [0.1, 0.15) is 20.3 Å². The zero-order chi connectivity index (χ0) is 17.4. The van der Waals surface area contributed by atoms with Gasteiger partial charge in [0.05, 0.1) is 13.2 Å². The number of nitrogens with one attached hydrogen (secondary N) is 1. The highest BCUT2D eigenvalue weighted by atomic mass is 19.1. The number of hydrogen-bond acceptors (Lipinski definition) is 4. The quantitative estimate of drug-likeness (QED) is 0.788. The molecule has 0 radical (unpaired) electrons. The van der Waals surface area contributed by atoms with Gasteiger partial charge in [-0.1, -0.05) is 13.8 Å². The molecule has 5 nitrogen and oxygen atoms in total. The fraction of sp³-hybridized carbons (Fsp3) is 0.611. The Labute approximate surface area is 143 Å². The van der Waals surface area contributed by atoms with Crippen molar-refractivity contribution in [2.45, 2.75) is 26.3 Å². The third-order valence-corrected chi connectivity index (χ3v) is 4.02. The summed E-state index contributed by atoms with van der Waals surface area (Å²) in [4.78, 5) is 14.4. The van der Waals surface area contributed by atoms with Crippen LogP contribution in [0.5, 0.6) is 5.75 Å². The molecule has 0 bridgehead atoms. The van der Waals surface area contributed by atoms with Crippen LogP contribution >= 0.6 is 0 Å². The van der Waals surface area contributed by atoms with Gasteiger partial charge in [0, 0.05) is 25.7 Å². The standard InChI is InChI=1S/C18H27FN2O3/c1-14(2)11-16(21-7-9-23-10-8-21)12-20-18(22)13-24-17-5-3-15(19)4-6-17/h3-6,14,16H,7-13H2,1-2H3,(H,20,22). The van der Waals surface area contributed by atoms with E-state index in [0.717, 1.165) is 32.7 Å². The number of amides is 1. The maximum Gasteiger partial charge on any atom is 0.257 e. The van der Waals surface area contributed by atoms with E-state index in [4.69, 9.17) is 9.47 Å². The number of rotatable bonds is 8. The van der Waals surface area contributed by atoms with Crippen LogP contribution in [-0.2, 0) is 9.53 Å². The van der Waals surface area contributed by atoms with E-state index < -0.39 is 0 Å². The maximum absolute atomic E-state index is 12.8. The first-order valence-electron chi connectivity index (χ1n) is 8.51. The number of ether oxygens (including phenoxy) is 2. The molecule has 1 aromatic rings. The second-order valence-electron chi connectivity index (χ2n) is 6.48. The Kier molecular flexibility index (Phi) is 7.46. The van der Waals surface area contributed by atoms with Gasteiger partial charge >= 0.3 is 0 Å². The van der Waals surface area contributed by atoms with Gasteiger partial charge in [-0.25, -0.2) is 4.39 Å². The molecule has 1 N–H and O–H groups in total. The lowest BCUT2D eigenvalue weighted by atomic mass is 10.0. The van der Waals surface area contributed by atoms with E-state index in [-0.39, 0.29) is 18.3 Å². The van der Waals surface area contributed by atoms with Gasteiger partial charge in [-0.2, -0.15) is 0 Å². The number of benzene rings is 1. The van der Waals surface area contributed by atoms with Crippen molar-refractivity contribution in [3.8, 4) is 5.75 Å². The lowest BCUT2D eigenvalue weighted by Crippen LogP contribution is -2.49. The van der Waals surface area contributed by atoms with Crippen LogP contribution < -0.4 is 10.1 Å². The van der Waals surface area contributed by atoms with E-state index in [2.05, 4.69) is 24.1 Å². The van der Waals surface area contributed by atoms with E-state index in [1.807, 2.05) is 0 Å². The molecule has 134 valence electrons. The van der Waals surface area contributed by atoms with Gasteiger partial charge in [0.15, 0.2) is 6.61 Å². The fourth-order valence-electron chi connectivity index (χ4n) is 2.81. The smallest absolute Gasteiger partial charge is 0.257 e. The number of nitrogens with zero attached hydrogens (tertiary/aromatic N) is 1. The second kappa shape index (κ2) is 9.59. The minimum absolute atomic E-state index is 0.0663. The molecular formula is C18H27FN2O3.